The molecule has 0 aliphatic heterocycles. The first kappa shape index (κ1) is 14.7. The van der Waals surface area contributed by atoms with Crippen molar-refractivity contribution in [1.82, 2.24) is 4.90 Å². The van der Waals surface area contributed by atoms with E-state index in [0.717, 1.165) is 31.7 Å². The van der Waals surface area contributed by atoms with Gasteiger partial charge in [-0.1, -0.05) is 27.2 Å². The molecule has 1 saturated carbocycles. The molecule has 2 heteroatoms. The minimum Gasteiger partial charge on any atom is -0.303 e. The molecule has 1 aliphatic rings. The average molecular weight is 239 g/mol. The fourth-order valence-corrected chi connectivity index (χ4v) is 2.77. The molecule has 0 bridgehead atoms. The van der Waals surface area contributed by atoms with Gasteiger partial charge in [-0.05, 0) is 38.6 Å². The first-order chi connectivity index (χ1) is 7.95. The zero-order valence-electron chi connectivity index (χ0n) is 12.2. The lowest BCUT2D eigenvalue weighted by Crippen LogP contribution is -2.40. The maximum absolute atomic E-state index is 12.0. The molecule has 3 atom stereocenters. The second kappa shape index (κ2) is 6.53. The van der Waals surface area contributed by atoms with E-state index in [1.807, 2.05) is 0 Å². The van der Waals surface area contributed by atoms with Crippen molar-refractivity contribution in [2.24, 2.45) is 17.8 Å². The van der Waals surface area contributed by atoms with Crippen LogP contribution in [-0.2, 0) is 4.79 Å². The van der Waals surface area contributed by atoms with Gasteiger partial charge in [0.05, 0.1) is 0 Å². The van der Waals surface area contributed by atoms with Gasteiger partial charge in [0, 0.05) is 24.9 Å². The van der Waals surface area contributed by atoms with E-state index in [-0.39, 0.29) is 0 Å². The van der Waals surface area contributed by atoms with Crippen LogP contribution >= 0.6 is 0 Å². The minimum absolute atomic E-state index is 0.292. The van der Waals surface area contributed by atoms with E-state index in [1.165, 1.54) is 6.42 Å². The van der Waals surface area contributed by atoms with Crippen LogP contribution in [0.4, 0.5) is 0 Å². The van der Waals surface area contributed by atoms with Crippen LogP contribution in [0.3, 0.4) is 0 Å². The van der Waals surface area contributed by atoms with Crippen molar-refractivity contribution in [3.8, 4) is 0 Å². The van der Waals surface area contributed by atoms with E-state index in [0.29, 0.717) is 23.7 Å². The Balaban J connectivity index is 2.51. The highest BCUT2D eigenvalue weighted by Gasteiger charge is 2.29. The Morgan fingerprint density at radius 1 is 1.35 bits per heavy atom. The third-order valence-corrected chi connectivity index (χ3v) is 4.62. The van der Waals surface area contributed by atoms with Gasteiger partial charge in [-0.2, -0.15) is 0 Å². The summed E-state index contributed by atoms with van der Waals surface area (Å²) >= 11 is 0. The fraction of sp³-hybridized carbons (Fsp3) is 0.933. The van der Waals surface area contributed by atoms with E-state index in [9.17, 15) is 4.79 Å². The molecule has 0 spiro atoms. The van der Waals surface area contributed by atoms with Crippen LogP contribution in [0.2, 0.25) is 0 Å². The number of ketones is 1. The predicted molar refractivity (Wildman–Crippen MR) is 73.1 cm³/mol. The van der Waals surface area contributed by atoms with Gasteiger partial charge in [0.1, 0.15) is 5.78 Å². The number of nitrogens with zero attached hydrogens (tertiary/aromatic N) is 1. The number of carbonyl (C=O) groups is 1. The zero-order chi connectivity index (χ0) is 13.0. The molecule has 0 aromatic heterocycles. The third kappa shape index (κ3) is 4.09. The van der Waals surface area contributed by atoms with E-state index < -0.39 is 0 Å². The summed E-state index contributed by atoms with van der Waals surface area (Å²) in [6.45, 7) is 9.96. The number of Topliss-reactive ketones (excluding diaryl/α,β-unsaturated/α-hetero) is 1. The molecule has 0 heterocycles. The second-order valence-corrected chi connectivity index (χ2v) is 6.14. The maximum Gasteiger partial charge on any atom is 0.137 e. The molecule has 0 N–H and O–H groups in total. The van der Waals surface area contributed by atoms with Gasteiger partial charge in [-0.15, -0.1) is 0 Å². The van der Waals surface area contributed by atoms with Gasteiger partial charge in [0.25, 0.3) is 0 Å². The van der Waals surface area contributed by atoms with Crippen LogP contribution in [0.25, 0.3) is 0 Å². The average Bonchev–Trinajstić information content (AvgIpc) is 2.30. The largest absolute Gasteiger partial charge is 0.303 e. The van der Waals surface area contributed by atoms with Crippen molar-refractivity contribution in [2.75, 3.05) is 13.6 Å². The third-order valence-electron chi connectivity index (χ3n) is 4.62. The lowest BCUT2D eigenvalue weighted by molar-refractivity contribution is -0.126. The van der Waals surface area contributed by atoms with Gasteiger partial charge >= 0.3 is 0 Å². The fourth-order valence-electron chi connectivity index (χ4n) is 2.77. The summed E-state index contributed by atoms with van der Waals surface area (Å²) in [5.74, 6) is 2.22. The highest BCUT2D eigenvalue weighted by molar-refractivity contribution is 5.81. The monoisotopic (exact) mass is 239 g/mol. The van der Waals surface area contributed by atoms with Gasteiger partial charge in [0.15, 0.2) is 0 Å². The number of hydrogen-bond donors (Lipinski definition) is 0. The molecule has 0 amide bonds. The van der Waals surface area contributed by atoms with E-state index in [2.05, 4.69) is 39.6 Å². The molecule has 0 aromatic rings. The summed E-state index contributed by atoms with van der Waals surface area (Å²) in [5, 5.41) is 0. The quantitative estimate of drug-likeness (QED) is 0.733. The molecule has 0 aromatic carbocycles. The number of rotatable bonds is 5. The van der Waals surface area contributed by atoms with Crippen LogP contribution < -0.4 is 0 Å². The second-order valence-electron chi connectivity index (χ2n) is 6.14. The molecule has 0 saturated heterocycles. The van der Waals surface area contributed by atoms with Gasteiger partial charge in [-0.25, -0.2) is 0 Å². The first-order valence-corrected chi connectivity index (χ1v) is 7.18. The maximum atomic E-state index is 12.0. The number of hydrogen-bond acceptors (Lipinski definition) is 2. The van der Waals surface area contributed by atoms with E-state index >= 15 is 0 Å². The SMILES string of the molecule is CCC1CCC(=O)C(CN(C)C(C)C(C)C)C1. The summed E-state index contributed by atoms with van der Waals surface area (Å²) in [7, 11) is 2.16. The molecule has 100 valence electrons. The summed E-state index contributed by atoms with van der Waals surface area (Å²) in [5.41, 5.74) is 0. The first-order valence-electron chi connectivity index (χ1n) is 7.18. The van der Waals surface area contributed by atoms with Crippen LogP contribution in [0.1, 0.15) is 53.4 Å². The van der Waals surface area contributed by atoms with Crippen LogP contribution in [0.5, 0.6) is 0 Å². The van der Waals surface area contributed by atoms with Crippen LogP contribution in [-0.4, -0.2) is 30.3 Å². The molecule has 1 aliphatic carbocycles. The summed E-state index contributed by atoms with van der Waals surface area (Å²) in [4.78, 5) is 14.3. The van der Waals surface area contributed by atoms with E-state index in [4.69, 9.17) is 0 Å². The van der Waals surface area contributed by atoms with Gasteiger partial charge < -0.3 is 4.90 Å². The number of carbonyl (C=O) groups excluding carboxylic acids is 1. The molecule has 1 rings (SSSR count). The Labute approximate surface area is 107 Å². The minimum atomic E-state index is 0.292. The smallest absolute Gasteiger partial charge is 0.137 e. The topological polar surface area (TPSA) is 20.3 Å². The zero-order valence-corrected chi connectivity index (χ0v) is 12.2. The van der Waals surface area contributed by atoms with Crippen LogP contribution in [0.15, 0.2) is 0 Å². The Hall–Kier alpha value is -0.370. The highest BCUT2D eigenvalue weighted by Crippen LogP contribution is 2.29. The highest BCUT2D eigenvalue weighted by atomic mass is 16.1. The summed E-state index contributed by atoms with van der Waals surface area (Å²) in [6.07, 6.45) is 4.28. The molecular weight excluding hydrogens is 210 g/mol. The molecular formula is C15H29NO. The van der Waals surface area contributed by atoms with Crippen molar-refractivity contribution >= 4 is 5.78 Å². The summed E-state index contributed by atoms with van der Waals surface area (Å²) < 4.78 is 0. The summed E-state index contributed by atoms with van der Waals surface area (Å²) in [6, 6.07) is 0.560. The normalized spacial score (nSPS) is 27.8. The lowest BCUT2D eigenvalue weighted by Gasteiger charge is -2.34. The Bertz CT molecular complexity index is 249. The van der Waals surface area contributed by atoms with Crippen molar-refractivity contribution in [1.29, 1.82) is 0 Å². The van der Waals surface area contributed by atoms with Crippen molar-refractivity contribution < 1.29 is 4.79 Å². The Kier molecular flexibility index (Phi) is 5.64. The van der Waals surface area contributed by atoms with Gasteiger partial charge in [0.2, 0.25) is 0 Å². The molecule has 1 fully saturated rings. The van der Waals surface area contributed by atoms with Crippen molar-refractivity contribution in [2.45, 2.75) is 59.4 Å². The molecule has 17 heavy (non-hydrogen) atoms. The lowest BCUT2D eigenvalue weighted by atomic mass is 9.79. The van der Waals surface area contributed by atoms with Crippen LogP contribution in [0, 0.1) is 17.8 Å². The Morgan fingerprint density at radius 3 is 2.53 bits per heavy atom. The van der Waals surface area contributed by atoms with Crippen molar-refractivity contribution in [3.05, 3.63) is 0 Å². The molecule has 0 radical (unpaired) electrons. The molecule has 2 nitrogen and oxygen atoms in total. The molecule has 3 unspecified atom stereocenters. The Morgan fingerprint density at radius 2 is 2.00 bits per heavy atom. The standard InChI is InChI=1S/C15H29NO/c1-6-13-7-8-15(17)14(9-13)10-16(5)12(4)11(2)3/h11-14H,6-10H2,1-5H3. The van der Waals surface area contributed by atoms with Crippen molar-refractivity contribution in [3.63, 3.8) is 0 Å². The van der Waals surface area contributed by atoms with E-state index in [1.54, 1.807) is 0 Å². The predicted octanol–water partition coefficient (Wildman–Crippen LogP) is 3.36. The van der Waals surface area contributed by atoms with Gasteiger partial charge in [-0.3, -0.25) is 4.79 Å².